The van der Waals surface area contributed by atoms with Gasteiger partial charge in [0.1, 0.15) is 6.17 Å². The maximum atomic E-state index is 5.52. The molecule has 6 aliphatic rings. The van der Waals surface area contributed by atoms with E-state index in [1.807, 2.05) is 0 Å². The minimum absolute atomic E-state index is 0.129. The van der Waals surface area contributed by atoms with Crippen molar-refractivity contribution >= 4 is 11.4 Å². The Kier molecular flexibility index (Phi) is 6.57. The molecule has 32 heavy (non-hydrogen) atoms. The third kappa shape index (κ3) is 4.29. The number of hydrogen-bond acceptors (Lipinski definition) is 5. The second kappa shape index (κ2) is 9.74. The minimum atomic E-state index is 0.129. The first kappa shape index (κ1) is 21.6. The Bertz CT molecular complexity index is 705. The van der Waals surface area contributed by atoms with E-state index in [2.05, 4.69) is 16.1 Å². The molecule has 5 heteroatoms. The van der Waals surface area contributed by atoms with E-state index in [0.717, 1.165) is 11.8 Å². The van der Waals surface area contributed by atoms with E-state index in [1.165, 1.54) is 121 Å². The van der Waals surface area contributed by atoms with E-state index in [-0.39, 0.29) is 6.17 Å². The van der Waals surface area contributed by atoms with Gasteiger partial charge in [-0.05, 0) is 82.6 Å². The average Bonchev–Trinajstić information content (AvgIpc) is 2.89. The van der Waals surface area contributed by atoms with Crippen LogP contribution in [0, 0.1) is 23.7 Å². The number of hydrogen-bond donors (Lipinski definition) is 3. The Morgan fingerprint density at radius 2 is 1.25 bits per heavy atom. The third-order valence-electron chi connectivity index (χ3n) is 9.92. The van der Waals surface area contributed by atoms with E-state index >= 15 is 0 Å². The molecule has 6 unspecified atom stereocenters. The van der Waals surface area contributed by atoms with Crippen molar-refractivity contribution in [2.45, 2.75) is 127 Å². The molecule has 3 N–H and O–H groups in total. The zero-order valence-corrected chi connectivity index (χ0v) is 20.0. The highest BCUT2D eigenvalue weighted by molar-refractivity contribution is 6.44. The molecule has 6 atom stereocenters. The van der Waals surface area contributed by atoms with E-state index in [1.54, 1.807) is 0 Å². The van der Waals surface area contributed by atoms with Gasteiger partial charge in [-0.1, -0.05) is 38.5 Å². The van der Waals surface area contributed by atoms with E-state index < -0.39 is 0 Å². The lowest BCUT2D eigenvalue weighted by atomic mass is 9.68. The summed E-state index contributed by atoms with van der Waals surface area (Å²) < 4.78 is 0. The molecule has 0 amide bonds. The van der Waals surface area contributed by atoms with Gasteiger partial charge in [0.25, 0.3) is 0 Å². The normalized spacial score (nSPS) is 41.6. The van der Waals surface area contributed by atoms with Crippen molar-refractivity contribution in [1.29, 1.82) is 0 Å². The lowest BCUT2D eigenvalue weighted by molar-refractivity contribution is 0.0712. The summed E-state index contributed by atoms with van der Waals surface area (Å²) in [7, 11) is 0. The van der Waals surface area contributed by atoms with Gasteiger partial charge in [0, 0.05) is 30.0 Å². The number of nitrogens with zero attached hydrogens (tertiary/aromatic N) is 2. The van der Waals surface area contributed by atoms with Crippen LogP contribution in [-0.2, 0) is 0 Å². The number of rotatable bonds is 3. The van der Waals surface area contributed by atoms with E-state index in [4.69, 9.17) is 10.1 Å². The van der Waals surface area contributed by atoms with Gasteiger partial charge in [-0.3, -0.25) is 10.4 Å². The molecular formula is C27H45N5. The Hall–Kier alpha value is -0.940. The minimum Gasteiger partial charge on any atom is -0.312 e. The van der Waals surface area contributed by atoms with Gasteiger partial charge in [-0.2, -0.15) is 5.10 Å². The first-order valence-electron chi connectivity index (χ1n) is 14.3. The highest BCUT2D eigenvalue weighted by atomic mass is 15.4. The number of fused-ring (bicyclic) bond motifs is 3. The van der Waals surface area contributed by atoms with E-state index in [0.29, 0.717) is 30.0 Å². The van der Waals surface area contributed by atoms with Crippen molar-refractivity contribution in [3.63, 3.8) is 0 Å². The largest absolute Gasteiger partial charge is 0.312 e. The van der Waals surface area contributed by atoms with Crippen molar-refractivity contribution < 1.29 is 0 Å². The summed E-state index contributed by atoms with van der Waals surface area (Å²) in [6.45, 7) is 1.21. The smallest absolute Gasteiger partial charge is 0.149 e. The van der Waals surface area contributed by atoms with Crippen LogP contribution in [0.3, 0.4) is 0 Å². The van der Waals surface area contributed by atoms with E-state index in [9.17, 15) is 0 Å². The summed E-state index contributed by atoms with van der Waals surface area (Å²) in [6, 6.07) is 1.73. The monoisotopic (exact) mass is 439 g/mol. The summed E-state index contributed by atoms with van der Waals surface area (Å²) in [5, 5.41) is 13.2. The summed E-state index contributed by atoms with van der Waals surface area (Å²) in [5.74, 6) is 3.04. The number of aliphatic imine (C=N–C) groups is 1. The van der Waals surface area contributed by atoms with Crippen LogP contribution in [0.2, 0.25) is 0 Å². The predicted octanol–water partition coefficient (Wildman–Crippen LogP) is 4.77. The lowest BCUT2D eigenvalue weighted by Gasteiger charge is -2.51. The molecule has 6 rings (SSSR count). The van der Waals surface area contributed by atoms with Crippen LogP contribution >= 0.6 is 0 Å². The molecule has 3 aliphatic carbocycles. The molecule has 5 nitrogen and oxygen atoms in total. The molecule has 0 radical (unpaired) electrons. The first-order chi connectivity index (χ1) is 15.9. The van der Waals surface area contributed by atoms with Crippen LogP contribution in [0.1, 0.15) is 103 Å². The summed E-state index contributed by atoms with van der Waals surface area (Å²) in [6.07, 6.45) is 22.0. The molecule has 0 spiro atoms. The molecule has 3 saturated carbocycles. The molecule has 5 fully saturated rings. The topological polar surface area (TPSA) is 60.8 Å². The molecule has 0 aromatic rings. The van der Waals surface area contributed by atoms with Crippen molar-refractivity contribution in [2.24, 2.45) is 33.8 Å². The Balaban J connectivity index is 1.20. The molecule has 3 heterocycles. The van der Waals surface area contributed by atoms with Crippen LogP contribution in [0.25, 0.3) is 0 Å². The highest BCUT2D eigenvalue weighted by Gasteiger charge is 2.45. The van der Waals surface area contributed by atoms with Gasteiger partial charge >= 0.3 is 0 Å². The van der Waals surface area contributed by atoms with Crippen molar-refractivity contribution in [1.82, 2.24) is 16.1 Å². The summed E-state index contributed by atoms with van der Waals surface area (Å²) in [5.41, 5.74) is 6.36. The third-order valence-corrected chi connectivity index (χ3v) is 9.92. The molecular weight excluding hydrogens is 394 g/mol. The molecule has 178 valence electrons. The summed E-state index contributed by atoms with van der Waals surface area (Å²) in [4.78, 5) is 5.52. The molecule has 3 aliphatic heterocycles. The Morgan fingerprint density at radius 3 is 2.00 bits per heavy atom. The van der Waals surface area contributed by atoms with Crippen LogP contribution in [-0.4, -0.2) is 42.3 Å². The number of hydrazone groups is 1. The van der Waals surface area contributed by atoms with Crippen molar-refractivity contribution in [2.75, 3.05) is 6.54 Å². The van der Waals surface area contributed by atoms with Gasteiger partial charge in [-0.15, -0.1) is 0 Å². The van der Waals surface area contributed by atoms with Crippen LogP contribution < -0.4 is 16.1 Å². The molecule has 0 aromatic carbocycles. The predicted molar refractivity (Wildman–Crippen MR) is 132 cm³/mol. The van der Waals surface area contributed by atoms with Crippen LogP contribution in [0.15, 0.2) is 10.1 Å². The quantitative estimate of drug-likeness (QED) is 0.593. The van der Waals surface area contributed by atoms with Crippen LogP contribution in [0.4, 0.5) is 0 Å². The molecule has 0 aromatic heterocycles. The highest BCUT2D eigenvalue weighted by Crippen LogP contribution is 2.40. The standard InChI is InChI=1S/C27H45N5/c1-3-8-18(9-4-1)25-26(19-10-5-2-6-11-19)31-32-27(30-25)22-16-15-21-14-13-20-12-7-17-28-23(20)24(21)29-22/h18-24,27-29,32H,1-17H2. The first-order valence-corrected chi connectivity index (χ1v) is 14.3. The summed E-state index contributed by atoms with van der Waals surface area (Å²) >= 11 is 0. The van der Waals surface area contributed by atoms with Gasteiger partial charge in [0.15, 0.2) is 0 Å². The Labute approximate surface area is 195 Å². The molecule has 2 saturated heterocycles. The second-order valence-corrected chi connectivity index (χ2v) is 11.9. The van der Waals surface area contributed by atoms with Gasteiger partial charge in [0.05, 0.1) is 11.4 Å². The zero-order chi connectivity index (χ0) is 21.3. The number of piperidine rings is 2. The van der Waals surface area contributed by atoms with Crippen LogP contribution in [0.5, 0.6) is 0 Å². The second-order valence-electron chi connectivity index (χ2n) is 11.9. The Morgan fingerprint density at radius 1 is 0.594 bits per heavy atom. The molecule has 0 bridgehead atoms. The van der Waals surface area contributed by atoms with Crippen molar-refractivity contribution in [3.8, 4) is 0 Å². The van der Waals surface area contributed by atoms with Crippen molar-refractivity contribution in [3.05, 3.63) is 0 Å². The maximum Gasteiger partial charge on any atom is 0.149 e. The lowest BCUT2D eigenvalue weighted by Crippen LogP contribution is -2.66. The fourth-order valence-corrected chi connectivity index (χ4v) is 8.15. The fourth-order valence-electron chi connectivity index (χ4n) is 8.15. The SMILES string of the molecule is C1CCC(C2=NNC(C3CCC4CCC5CCCNC5C4N3)N=C2C2CCCCC2)CC1. The van der Waals surface area contributed by atoms with Gasteiger partial charge in [-0.25, -0.2) is 0 Å². The van der Waals surface area contributed by atoms with Gasteiger partial charge in [0.2, 0.25) is 0 Å². The number of nitrogens with one attached hydrogen (secondary N) is 3. The fraction of sp³-hybridized carbons (Fsp3) is 0.926. The van der Waals surface area contributed by atoms with Gasteiger partial charge < -0.3 is 10.6 Å². The maximum absolute atomic E-state index is 5.52. The average molecular weight is 440 g/mol. The zero-order valence-electron chi connectivity index (χ0n) is 20.0.